The lowest BCUT2D eigenvalue weighted by molar-refractivity contribution is 0.633. The number of para-hydroxylation sites is 2. The van der Waals surface area contributed by atoms with Crippen LogP contribution in [0.2, 0.25) is 0 Å². The molecule has 0 bridgehead atoms. The van der Waals surface area contributed by atoms with Crippen molar-refractivity contribution in [3.63, 3.8) is 0 Å². The van der Waals surface area contributed by atoms with Crippen LogP contribution in [0.15, 0.2) is 191 Å². The van der Waals surface area contributed by atoms with Gasteiger partial charge in [-0.25, -0.2) is 0 Å². The van der Waals surface area contributed by atoms with Crippen molar-refractivity contribution in [2.24, 2.45) is 0 Å². The van der Waals surface area contributed by atoms with Crippen LogP contribution in [0, 0.1) is 0 Å². The molecule has 4 aromatic heterocycles. The van der Waals surface area contributed by atoms with Crippen molar-refractivity contribution in [2.75, 3.05) is 0 Å². The average molecular weight is 743 g/mol. The summed E-state index contributed by atoms with van der Waals surface area (Å²) in [5, 5.41) is 9.25. The first kappa shape index (κ1) is 31.6. The molecule has 0 fully saturated rings. The minimum atomic E-state index is 0.778. The third-order valence-electron chi connectivity index (χ3n) is 12.4. The van der Waals surface area contributed by atoms with Crippen molar-refractivity contribution in [3.05, 3.63) is 182 Å². The van der Waals surface area contributed by atoms with Gasteiger partial charge in [-0.3, -0.25) is 0 Å². The molecule has 0 aliphatic heterocycles. The Morgan fingerprint density at radius 2 is 0.914 bits per heavy atom. The van der Waals surface area contributed by atoms with Crippen molar-refractivity contribution in [1.82, 2.24) is 9.13 Å². The zero-order valence-corrected chi connectivity index (χ0v) is 31.4. The monoisotopic (exact) mass is 742 g/mol. The molecular weight excluding hydrogens is 709 g/mol. The van der Waals surface area contributed by atoms with Gasteiger partial charge in [-0.2, -0.15) is 0 Å². The van der Waals surface area contributed by atoms with Gasteiger partial charge in [0.1, 0.15) is 11.2 Å². The quantitative estimate of drug-likeness (QED) is 0.180. The Labute approximate surface area is 332 Å². The largest absolute Gasteiger partial charge is 0.452 e. The third kappa shape index (κ3) is 4.51. The first-order chi connectivity index (χ1) is 28.7. The van der Waals surface area contributed by atoms with E-state index in [0.29, 0.717) is 0 Å². The van der Waals surface area contributed by atoms with E-state index in [0.717, 1.165) is 68.0 Å². The third-order valence-corrected chi connectivity index (χ3v) is 12.4. The number of allylic oxidation sites excluding steroid dienone is 4. The van der Waals surface area contributed by atoms with Gasteiger partial charge in [0, 0.05) is 54.5 Å². The maximum absolute atomic E-state index is 6.64. The van der Waals surface area contributed by atoms with Gasteiger partial charge in [0.15, 0.2) is 11.2 Å². The first-order valence-corrected chi connectivity index (χ1v) is 20.1. The molecule has 4 heterocycles. The zero-order chi connectivity index (χ0) is 37.9. The van der Waals surface area contributed by atoms with Crippen LogP contribution in [0.4, 0.5) is 0 Å². The van der Waals surface area contributed by atoms with Gasteiger partial charge in [0.05, 0.1) is 22.1 Å². The van der Waals surface area contributed by atoms with Crippen LogP contribution in [0.3, 0.4) is 0 Å². The van der Waals surface area contributed by atoms with Crippen LogP contribution >= 0.6 is 0 Å². The van der Waals surface area contributed by atoms with Gasteiger partial charge in [-0.15, -0.1) is 0 Å². The van der Waals surface area contributed by atoms with Gasteiger partial charge in [0.2, 0.25) is 0 Å². The van der Waals surface area contributed by atoms with Gasteiger partial charge in [0.25, 0.3) is 0 Å². The molecule has 4 nitrogen and oxygen atoms in total. The highest BCUT2D eigenvalue weighted by Crippen LogP contribution is 2.43. The van der Waals surface area contributed by atoms with Gasteiger partial charge < -0.3 is 18.0 Å². The molecule has 4 heteroatoms. The number of nitrogens with zero attached hydrogens (tertiary/aromatic N) is 2. The summed E-state index contributed by atoms with van der Waals surface area (Å²) >= 11 is 0. The van der Waals surface area contributed by atoms with Crippen LogP contribution < -0.4 is 0 Å². The average Bonchev–Trinajstić information content (AvgIpc) is 4.04. The topological polar surface area (TPSA) is 36.1 Å². The SMILES string of the molecule is C1=CCCC(n2c3ccc(-c4ccccc4)cc3c3cc(-c4ccc5oc6c(ccc7c8cc(-n9c%10ccccc%10c%10ccccc%109)ccc8oc76)c5c4)ccc32)=C1. The summed E-state index contributed by atoms with van der Waals surface area (Å²) in [7, 11) is 0. The fourth-order valence-corrected chi connectivity index (χ4v) is 9.67. The highest BCUT2D eigenvalue weighted by atomic mass is 16.4. The van der Waals surface area contributed by atoms with Crippen molar-refractivity contribution in [3.8, 4) is 27.9 Å². The molecule has 0 saturated carbocycles. The molecule has 12 aromatic rings. The zero-order valence-electron chi connectivity index (χ0n) is 31.4. The van der Waals surface area contributed by atoms with E-state index in [-0.39, 0.29) is 0 Å². The van der Waals surface area contributed by atoms with Crippen LogP contribution in [0.1, 0.15) is 12.8 Å². The molecule has 0 N–H and O–H groups in total. The fourth-order valence-electron chi connectivity index (χ4n) is 9.67. The highest BCUT2D eigenvalue weighted by Gasteiger charge is 2.20. The minimum absolute atomic E-state index is 0.778. The Balaban J connectivity index is 0.957. The lowest BCUT2D eigenvalue weighted by atomic mass is 9.99. The second-order valence-corrected chi connectivity index (χ2v) is 15.6. The van der Waals surface area contributed by atoms with Gasteiger partial charge in [-0.1, -0.05) is 97.1 Å². The fraction of sp³-hybridized carbons (Fsp3) is 0.0370. The number of hydrogen-bond acceptors (Lipinski definition) is 2. The van der Waals surface area contributed by atoms with Gasteiger partial charge in [-0.05, 0) is 120 Å². The first-order valence-electron chi connectivity index (χ1n) is 20.1. The highest BCUT2D eigenvalue weighted by molar-refractivity contribution is 6.20. The summed E-state index contributed by atoms with van der Waals surface area (Å²) in [6, 6.07) is 59.3. The van der Waals surface area contributed by atoms with Crippen molar-refractivity contribution >= 4 is 93.2 Å². The summed E-state index contributed by atoms with van der Waals surface area (Å²) in [6.07, 6.45) is 8.78. The number of aromatic nitrogens is 2. The molecule has 1 aliphatic carbocycles. The van der Waals surface area contributed by atoms with Crippen molar-refractivity contribution < 1.29 is 8.83 Å². The normalized spacial score (nSPS) is 13.4. The standard InChI is InChI=1S/C54H34N2O2/c1-3-11-33(12-4-1)34-19-25-49-43(29-34)44-30-35(20-26-50(44)55(49)37-13-5-2-6-14-37)36-21-27-51-45(31-36)41-23-24-42-46-32-38(22-28-52(46)58-54(42)53(41)57-51)56-47-17-9-7-15-39(47)40-16-8-10-18-48(40)56/h1-5,7-13,15-32H,6,14H2. The molecule has 272 valence electrons. The van der Waals surface area contributed by atoms with E-state index in [1.165, 1.54) is 66.0 Å². The number of fused-ring (bicyclic) bond motifs is 13. The van der Waals surface area contributed by atoms with Crippen LogP contribution in [-0.2, 0) is 0 Å². The summed E-state index contributed by atoms with van der Waals surface area (Å²) < 4.78 is 18.1. The van der Waals surface area contributed by atoms with E-state index >= 15 is 0 Å². The van der Waals surface area contributed by atoms with E-state index < -0.39 is 0 Å². The minimum Gasteiger partial charge on any atom is -0.452 e. The van der Waals surface area contributed by atoms with Crippen LogP contribution in [0.25, 0.3) is 121 Å². The molecule has 0 amide bonds. The summed E-state index contributed by atoms with van der Waals surface area (Å²) in [4.78, 5) is 0. The van der Waals surface area contributed by atoms with E-state index in [4.69, 9.17) is 8.83 Å². The van der Waals surface area contributed by atoms with Gasteiger partial charge >= 0.3 is 0 Å². The van der Waals surface area contributed by atoms with E-state index in [1.807, 2.05) is 0 Å². The summed E-state index contributed by atoms with van der Waals surface area (Å²) in [5.41, 5.74) is 15.3. The maximum atomic E-state index is 6.64. The Kier molecular flexibility index (Phi) is 6.53. The Bertz CT molecular complexity index is 3680. The molecule has 0 atom stereocenters. The molecule has 58 heavy (non-hydrogen) atoms. The summed E-state index contributed by atoms with van der Waals surface area (Å²) in [6.45, 7) is 0. The predicted molar refractivity (Wildman–Crippen MR) is 242 cm³/mol. The number of hydrogen-bond donors (Lipinski definition) is 0. The van der Waals surface area contributed by atoms with E-state index in [9.17, 15) is 0 Å². The molecule has 0 radical (unpaired) electrons. The van der Waals surface area contributed by atoms with Crippen molar-refractivity contribution in [1.29, 1.82) is 0 Å². The molecule has 0 saturated heterocycles. The molecule has 1 aliphatic rings. The smallest absolute Gasteiger partial charge is 0.178 e. The van der Waals surface area contributed by atoms with E-state index in [2.05, 4.69) is 191 Å². The number of furan rings is 2. The maximum Gasteiger partial charge on any atom is 0.178 e. The molecule has 0 unspecified atom stereocenters. The second-order valence-electron chi connectivity index (χ2n) is 15.6. The predicted octanol–water partition coefficient (Wildman–Crippen LogP) is 15.2. The number of benzene rings is 8. The van der Waals surface area contributed by atoms with E-state index in [1.54, 1.807) is 0 Å². The Morgan fingerprint density at radius 3 is 1.55 bits per heavy atom. The Morgan fingerprint density at radius 1 is 0.379 bits per heavy atom. The molecule has 8 aromatic carbocycles. The number of rotatable bonds is 4. The Hall–Kier alpha value is -7.56. The van der Waals surface area contributed by atoms with Crippen LogP contribution in [-0.4, -0.2) is 9.13 Å². The summed E-state index contributed by atoms with van der Waals surface area (Å²) in [5.74, 6) is 0. The lowest BCUT2D eigenvalue weighted by Gasteiger charge is -2.14. The molecular formula is C54H34N2O2. The van der Waals surface area contributed by atoms with Crippen molar-refractivity contribution in [2.45, 2.75) is 12.8 Å². The lowest BCUT2D eigenvalue weighted by Crippen LogP contribution is -1.98. The van der Waals surface area contributed by atoms with Crippen LogP contribution in [0.5, 0.6) is 0 Å². The second kappa shape index (κ2) is 12.0. The molecule has 13 rings (SSSR count). The molecule has 0 spiro atoms.